The molecule has 0 aromatic heterocycles. The maximum absolute atomic E-state index is 10.7. The predicted octanol–water partition coefficient (Wildman–Crippen LogP) is 0.187. The minimum atomic E-state index is 0.0708. The fourth-order valence-electron chi connectivity index (χ4n) is 0.782. The van der Waals surface area contributed by atoms with E-state index in [0.717, 1.165) is 6.54 Å². The quantitative estimate of drug-likeness (QED) is 0.424. The van der Waals surface area contributed by atoms with Crippen molar-refractivity contribution in [3.05, 3.63) is 0 Å². The number of carbonyl (C=O) groups is 1. The van der Waals surface area contributed by atoms with Gasteiger partial charge in [-0.1, -0.05) is 0 Å². The Morgan fingerprint density at radius 2 is 2.36 bits per heavy atom. The van der Waals surface area contributed by atoms with Crippen molar-refractivity contribution in [2.45, 2.75) is 13.3 Å². The van der Waals surface area contributed by atoms with E-state index in [9.17, 15) is 4.79 Å². The molecular weight excluding hydrogens is 146 g/mol. The molecule has 0 aromatic carbocycles. The van der Waals surface area contributed by atoms with Crippen LogP contribution in [0.3, 0.4) is 0 Å². The first-order chi connectivity index (χ1) is 5.34. The van der Waals surface area contributed by atoms with E-state index in [4.69, 9.17) is 9.57 Å². The predicted molar refractivity (Wildman–Crippen MR) is 38.8 cm³/mol. The summed E-state index contributed by atoms with van der Waals surface area (Å²) in [4.78, 5) is 15.7. The van der Waals surface area contributed by atoms with Gasteiger partial charge in [0.25, 0.3) is 0 Å². The Morgan fingerprint density at radius 1 is 1.55 bits per heavy atom. The zero-order valence-electron chi connectivity index (χ0n) is 6.71. The van der Waals surface area contributed by atoms with Gasteiger partial charge in [-0.2, -0.15) is 0 Å². The Morgan fingerprint density at radius 3 is 2.82 bits per heavy atom. The van der Waals surface area contributed by atoms with Gasteiger partial charge in [-0.15, -0.1) is 0 Å². The van der Waals surface area contributed by atoms with Gasteiger partial charge in [0.05, 0.1) is 19.8 Å². The molecule has 0 atom stereocenters. The molecule has 64 valence electrons. The molecule has 11 heavy (non-hydrogen) atoms. The molecule has 1 aliphatic heterocycles. The Hall–Kier alpha value is -0.610. The van der Waals surface area contributed by atoms with Crippen molar-refractivity contribution < 1.29 is 14.4 Å². The third-order valence-corrected chi connectivity index (χ3v) is 1.49. The lowest BCUT2D eigenvalue weighted by atomic mass is 10.3. The molecule has 0 unspecified atom stereocenters. The lowest BCUT2D eigenvalue weighted by molar-refractivity contribution is -0.211. The number of amides is 1. The van der Waals surface area contributed by atoms with Gasteiger partial charge >= 0.3 is 0 Å². The Labute approximate surface area is 66.0 Å². The molecule has 1 aliphatic rings. The molecule has 1 heterocycles. The van der Waals surface area contributed by atoms with E-state index in [-0.39, 0.29) is 5.91 Å². The van der Waals surface area contributed by atoms with Gasteiger partial charge in [-0.3, -0.25) is 9.63 Å². The van der Waals surface area contributed by atoms with Crippen LogP contribution in [0, 0.1) is 0 Å². The molecular formula is C7H13NO3. The summed E-state index contributed by atoms with van der Waals surface area (Å²) in [5.41, 5.74) is 0. The van der Waals surface area contributed by atoms with E-state index < -0.39 is 0 Å². The first kappa shape index (κ1) is 8.49. The van der Waals surface area contributed by atoms with Crippen LogP contribution in [0.2, 0.25) is 0 Å². The summed E-state index contributed by atoms with van der Waals surface area (Å²) >= 11 is 0. The van der Waals surface area contributed by atoms with Crippen LogP contribution in [0.15, 0.2) is 0 Å². The average Bonchev–Trinajstić information content (AvgIpc) is 2.02. The number of β-lactam (4-membered cyclic amide) rings is 1. The highest BCUT2D eigenvalue weighted by atomic mass is 16.7. The molecule has 0 spiro atoms. The largest absolute Gasteiger partial charge is 0.379 e. The van der Waals surface area contributed by atoms with Crippen LogP contribution >= 0.6 is 0 Å². The van der Waals surface area contributed by atoms with Gasteiger partial charge in [-0.25, -0.2) is 5.06 Å². The van der Waals surface area contributed by atoms with E-state index in [0.29, 0.717) is 26.2 Å². The summed E-state index contributed by atoms with van der Waals surface area (Å²) in [6.45, 7) is 4.37. The molecule has 0 N–H and O–H groups in total. The van der Waals surface area contributed by atoms with E-state index >= 15 is 0 Å². The van der Waals surface area contributed by atoms with E-state index in [1.54, 1.807) is 0 Å². The zero-order chi connectivity index (χ0) is 8.10. The van der Waals surface area contributed by atoms with E-state index in [1.165, 1.54) is 5.06 Å². The molecule has 1 fully saturated rings. The molecule has 0 bridgehead atoms. The van der Waals surface area contributed by atoms with Crippen molar-refractivity contribution >= 4 is 5.91 Å². The fraction of sp³-hybridized carbons (Fsp3) is 0.857. The topological polar surface area (TPSA) is 38.8 Å². The smallest absolute Gasteiger partial charge is 0.248 e. The lowest BCUT2D eigenvalue weighted by Gasteiger charge is -2.28. The molecule has 0 saturated carbocycles. The molecule has 0 aliphatic carbocycles. The van der Waals surface area contributed by atoms with Crippen LogP contribution in [0.5, 0.6) is 0 Å². The van der Waals surface area contributed by atoms with Gasteiger partial charge < -0.3 is 4.74 Å². The highest BCUT2D eigenvalue weighted by Crippen LogP contribution is 2.07. The second-order valence-electron chi connectivity index (χ2n) is 2.28. The van der Waals surface area contributed by atoms with Crippen molar-refractivity contribution in [1.29, 1.82) is 0 Å². The molecule has 0 aromatic rings. The number of nitrogens with zero attached hydrogens (tertiary/aromatic N) is 1. The average molecular weight is 159 g/mol. The standard InChI is InChI=1S/C7H13NO3/c1-2-10-5-6-11-8-4-3-7(8)9/h2-6H2,1H3. The third kappa shape index (κ3) is 2.48. The SMILES string of the molecule is CCOCCON1CCC1=O. The number of rotatable bonds is 5. The molecule has 1 amide bonds. The fourth-order valence-corrected chi connectivity index (χ4v) is 0.782. The van der Waals surface area contributed by atoms with Crippen molar-refractivity contribution in [3.8, 4) is 0 Å². The maximum atomic E-state index is 10.7. The van der Waals surface area contributed by atoms with Crippen LogP contribution in [-0.4, -0.2) is 37.3 Å². The molecule has 0 radical (unpaired) electrons. The van der Waals surface area contributed by atoms with Crippen molar-refractivity contribution in [3.63, 3.8) is 0 Å². The minimum Gasteiger partial charge on any atom is -0.379 e. The third-order valence-electron chi connectivity index (χ3n) is 1.49. The summed E-state index contributed by atoms with van der Waals surface area (Å²) in [5.74, 6) is 0.0708. The van der Waals surface area contributed by atoms with Gasteiger partial charge in [0.2, 0.25) is 5.91 Å². The van der Waals surface area contributed by atoms with Crippen LogP contribution in [-0.2, 0) is 14.4 Å². The van der Waals surface area contributed by atoms with Crippen molar-refractivity contribution in [2.75, 3.05) is 26.4 Å². The van der Waals surface area contributed by atoms with Gasteiger partial charge in [0, 0.05) is 13.0 Å². The molecule has 4 heteroatoms. The maximum Gasteiger partial charge on any atom is 0.248 e. The summed E-state index contributed by atoms with van der Waals surface area (Å²) in [6, 6.07) is 0. The molecule has 1 rings (SSSR count). The van der Waals surface area contributed by atoms with Crippen molar-refractivity contribution in [2.24, 2.45) is 0 Å². The Balaban J connectivity index is 1.91. The minimum absolute atomic E-state index is 0.0708. The van der Waals surface area contributed by atoms with E-state index in [1.807, 2.05) is 6.92 Å². The van der Waals surface area contributed by atoms with Crippen molar-refractivity contribution in [1.82, 2.24) is 5.06 Å². The second-order valence-corrected chi connectivity index (χ2v) is 2.28. The summed E-state index contributed by atoms with van der Waals surface area (Å²) in [6.07, 6.45) is 0.620. The number of hydrogen-bond donors (Lipinski definition) is 0. The molecule has 1 saturated heterocycles. The highest BCUT2D eigenvalue weighted by molar-refractivity contribution is 5.80. The lowest BCUT2D eigenvalue weighted by Crippen LogP contribution is -2.43. The van der Waals surface area contributed by atoms with Crippen LogP contribution in [0.4, 0.5) is 0 Å². The first-order valence-electron chi connectivity index (χ1n) is 3.85. The zero-order valence-corrected chi connectivity index (χ0v) is 6.71. The summed E-state index contributed by atoms with van der Waals surface area (Å²) in [5, 5.41) is 1.37. The van der Waals surface area contributed by atoms with E-state index in [2.05, 4.69) is 0 Å². The van der Waals surface area contributed by atoms with Crippen LogP contribution in [0.25, 0.3) is 0 Å². The van der Waals surface area contributed by atoms with Crippen LogP contribution in [0.1, 0.15) is 13.3 Å². The summed E-state index contributed by atoms with van der Waals surface area (Å²) in [7, 11) is 0. The Bertz CT molecular complexity index is 138. The number of ether oxygens (including phenoxy) is 1. The van der Waals surface area contributed by atoms with Gasteiger partial charge in [-0.05, 0) is 6.92 Å². The first-order valence-corrected chi connectivity index (χ1v) is 3.85. The summed E-state index contributed by atoms with van der Waals surface area (Å²) < 4.78 is 5.02. The van der Waals surface area contributed by atoms with Gasteiger partial charge in [0.15, 0.2) is 0 Å². The number of hydroxylamine groups is 2. The Kier molecular flexibility index (Phi) is 3.32. The number of carbonyl (C=O) groups excluding carboxylic acids is 1. The van der Waals surface area contributed by atoms with Gasteiger partial charge in [0.1, 0.15) is 0 Å². The second kappa shape index (κ2) is 4.31. The highest BCUT2D eigenvalue weighted by Gasteiger charge is 2.24. The molecule has 4 nitrogen and oxygen atoms in total. The van der Waals surface area contributed by atoms with Crippen LogP contribution < -0.4 is 0 Å². The normalized spacial score (nSPS) is 16.8. The monoisotopic (exact) mass is 159 g/mol. The number of hydrogen-bond acceptors (Lipinski definition) is 3.